The fourth-order valence-corrected chi connectivity index (χ4v) is 0.546. The highest BCUT2D eigenvalue weighted by Gasteiger charge is 2.23. The number of rotatable bonds is 2. The van der Waals surface area contributed by atoms with Crippen molar-refractivity contribution in [3.63, 3.8) is 0 Å². The van der Waals surface area contributed by atoms with E-state index in [0.717, 1.165) is 0 Å². The first-order valence-electron chi connectivity index (χ1n) is 3.91. The van der Waals surface area contributed by atoms with E-state index in [4.69, 9.17) is 10.5 Å². The zero-order chi connectivity index (χ0) is 9.94. The molecule has 12 heavy (non-hydrogen) atoms. The molecular formula is C9H17NO2. The van der Waals surface area contributed by atoms with Gasteiger partial charge in [0, 0.05) is 5.57 Å². The van der Waals surface area contributed by atoms with E-state index in [0.29, 0.717) is 5.57 Å². The van der Waals surface area contributed by atoms with Crippen LogP contribution in [-0.4, -0.2) is 12.2 Å². The maximum atomic E-state index is 11.2. The smallest absolute Gasteiger partial charge is 0.335 e. The van der Waals surface area contributed by atoms with Crippen LogP contribution in [0.2, 0.25) is 0 Å². The van der Waals surface area contributed by atoms with Gasteiger partial charge in [0.15, 0.2) is 0 Å². The van der Waals surface area contributed by atoms with Gasteiger partial charge in [-0.05, 0) is 12.3 Å². The highest BCUT2D eigenvalue weighted by atomic mass is 16.6. The summed E-state index contributed by atoms with van der Waals surface area (Å²) in [5.74, 6) is -0.419. The highest BCUT2D eigenvalue weighted by Crippen LogP contribution is 2.24. The lowest BCUT2D eigenvalue weighted by Gasteiger charge is -2.20. The summed E-state index contributed by atoms with van der Waals surface area (Å²) in [7, 11) is 0. The van der Waals surface area contributed by atoms with Crippen LogP contribution in [0.15, 0.2) is 12.2 Å². The molecule has 0 aromatic carbocycles. The van der Waals surface area contributed by atoms with Crippen LogP contribution in [0.5, 0.6) is 0 Å². The molecule has 3 nitrogen and oxygen atoms in total. The zero-order valence-electron chi connectivity index (χ0n) is 8.18. The van der Waals surface area contributed by atoms with Gasteiger partial charge in [-0.15, -0.1) is 0 Å². The second kappa shape index (κ2) is 3.72. The topological polar surface area (TPSA) is 52.3 Å². The summed E-state index contributed by atoms with van der Waals surface area (Å²) in [6, 6.07) is 0. The third kappa shape index (κ3) is 3.53. The normalized spacial score (nSPS) is 13.8. The molecule has 0 aliphatic heterocycles. The zero-order valence-corrected chi connectivity index (χ0v) is 8.18. The number of carbonyl (C=O) groups is 1. The van der Waals surface area contributed by atoms with Gasteiger partial charge in [0.25, 0.3) is 0 Å². The fraction of sp³-hybridized carbons (Fsp3) is 0.667. The van der Waals surface area contributed by atoms with Crippen LogP contribution >= 0.6 is 0 Å². The molecule has 70 valence electrons. The maximum absolute atomic E-state index is 11.2. The number of ether oxygens (including phenoxy) is 1. The number of hydrogen-bond donors (Lipinski definition) is 1. The van der Waals surface area contributed by atoms with Crippen LogP contribution in [0.3, 0.4) is 0 Å². The number of nitrogens with two attached hydrogens (primary N) is 1. The number of hydrogen-bond acceptors (Lipinski definition) is 3. The van der Waals surface area contributed by atoms with E-state index in [2.05, 4.69) is 6.58 Å². The summed E-state index contributed by atoms with van der Waals surface area (Å²) in [4.78, 5) is 11.2. The molecule has 1 atom stereocenters. The van der Waals surface area contributed by atoms with Gasteiger partial charge in [0.05, 0.1) is 0 Å². The van der Waals surface area contributed by atoms with Gasteiger partial charge in [0.2, 0.25) is 0 Å². The molecule has 3 heteroatoms. The lowest BCUT2D eigenvalue weighted by molar-refractivity contribution is -0.144. The Hall–Kier alpha value is -0.830. The Kier molecular flexibility index (Phi) is 3.46. The molecule has 0 aromatic heterocycles. The summed E-state index contributed by atoms with van der Waals surface area (Å²) in [6.07, 6.45) is -0.573. The van der Waals surface area contributed by atoms with Crippen molar-refractivity contribution < 1.29 is 9.53 Å². The second-order valence-electron chi connectivity index (χ2n) is 3.84. The Morgan fingerprint density at radius 3 is 2.17 bits per heavy atom. The Labute approximate surface area is 73.6 Å². The lowest BCUT2D eigenvalue weighted by Crippen LogP contribution is -2.27. The summed E-state index contributed by atoms with van der Waals surface area (Å²) in [6.45, 7) is 11.0. The predicted octanol–water partition coefficient (Wildman–Crippen LogP) is 1.44. The maximum Gasteiger partial charge on any atom is 0.335 e. The third-order valence-electron chi connectivity index (χ3n) is 1.44. The third-order valence-corrected chi connectivity index (χ3v) is 1.44. The Morgan fingerprint density at radius 1 is 1.50 bits per heavy atom. The molecule has 0 fully saturated rings. The molecule has 1 unspecified atom stereocenters. The minimum atomic E-state index is -0.573. The largest absolute Gasteiger partial charge is 0.444 e. The van der Waals surface area contributed by atoms with Crippen LogP contribution in [0.25, 0.3) is 0 Å². The summed E-state index contributed by atoms with van der Waals surface area (Å²) in [5, 5.41) is 0. The van der Waals surface area contributed by atoms with Crippen molar-refractivity contribution >= 4 is 5.97 Å². The average molecular weight is 171 g/mol. The predicted molar refractivity (Wildman–Crippen MR) is 48.3 cm³/mol. The lowest BCUT2D eigenvalue weighted by atomic mass is 9.88. The van der Waals surface area contributed by atoms with Crippen LogP contribution in [0, 0.1) is 5.41 Å². The molecule has 0 spiro atoms. The second-order valence-corrected chi connectivity index (χ2v) is 3.84. The quantitative estimate of drug-likeness (QED) is 0.388. The molecular weight excluding hydrogens is 154 g/mol. The highest BCUT2D eigenvalue weighted by molar-refractivity contribution is 5.89. The van der Waals surface area contributed by atoms with E-state index in [-0.39, 0.29) is 5.41 Å². The molecule has 0 bridgehead atoms. The van der Waals surface area contributed by atoms with Crippen molar-refractivity contribution in [2.45, 2.75) is 33.9 Å². The van der Waals surface area contributed by atoms with Gasteiger partial charge in [-0.3, -0.25) is 5.73 Å². The minimum Gasteiger partial charge on any atom is -0.444 e. The Morgan fingerprint density at radius 2 is 1.92 bits per heavy atom. The molecule has 0 aliphatic carbocycles. The first-order valence-corrected chi connectivity index (χ1v) is 3.91. The standard InChI is InChI=1S/C9H17NO2/c1-6(9(3,4)5)8(11)12-7(2)10/h7H,1,10H2,2-5H3. The Bertz CT molecular complexity index is 189. The van der Waals surface area contributed by atoms with Gasteiger partial charge < -0.3 is 4.74 Å². The fourth-order valence-electron chi connectivity index (χ4n) is 0.546. The molecule has 0 saturated heterocycles. The number of carbonyl (C=O) groups excluding carboxylic acids is 1. The molecule has 0 rings (SSSR count). The minimum absolute atomic E-state index is 0.258. The van der Waals surface area contributed by atoms with Gasteiger partial charge in [0.1, 0.15) is 6.23 Å². The summed E-state index contributed by atoms with van der Waals surface area (Å²) < 4.78 is 4.78. The van der Waals surface area contributed by atoms with E-state index in [9.17, 15) is 4.79 Å². The SMILES string of the molecule is C=C(C(=O)OC(C)N)C(C)(C)C. The van der Waals surface area contributed by atoms with Crippen molar-refractivity contribution in [3.05, 3.63) is 12.2 Å². The molecule has 0 heterocycles. The van der Waals surface area contributed by atoms with Gasteiger partial charge in [-0.1, -0.05) is 27.4 Å². The van der Waals surface area contributed by atoms with Crippen LogP contribution in [-0.2, 0) is 9.53 Å². The molecule has 2 N–H and O–H groups in total. The summed E-state index contributed by atoms with van der Waals surface area (Å²) >= 11 is 0. The van der Waals surface area contributed by atoms with E-state index < -0.39 is 12.2 Å². The number of esters is 1. The van der Waals surface area contributed by atoms with Crippen molar-refractivity contribution in [3.8, 4) is 0 Å². The van der Waals surface area contributed by atoms with Gasteiger partial charge >= 0.3 is 5.97 Å². The molecule has 0 radical (unpaired) electrons. The summed E-state index contributed by atoms with van der Waals surface area (Å²) in [5.41, 5.74) is 5.48. The van der Waals surface area contributed by atoms with Crippen molar-refractivity contribution in [2.24, 2.45) is 11.1 Å². The monoisotopic (exact) mass is 171 g/mol. The van der Waals surface area contributed by atoms with Gasteiger partial charge in [-0.25, -0.2) is 4.79 Å². The van der Waals surface area contributed by atoms with E-state index in [1.807, 2.05) is 20.8 Å². The first kappa shape index (κ1) is 11.2. The van der Waals surface area contributed by atoms with Crippen LogP contribution < -0.4 is 5.73 Å². The molecule has 0 aromatic rings. The van der Waals surface area contributed by atoms with E-state index >= 15 is 0 Å². The van der Waals surface area contributed by atoms with E-state index in [1.165, 1.54) is 0 Å². The van der Waals surface area contributed by atoms with E-state index in [1.54, 1.807) is 6.92 Å². The Balaban J connectivity index is 4.22. The van der Waals surface area contributed by atoms with Crippen LogP contribution in [0.4, 0.5) is 0 Å². The van der Waals surface area contributed by atoms with Crippen molar-refractivity contribution in [1.82, 2.24) is 0 Å². The molecule has 0 saturated carbocycles. The van der Waals surface area contributed by atoms with Crippen molar-refractivity contribution in [2.75, 3.05) is 0 Å². The molecule has 0 aliphatic rings. The van der Waals surface area contributed by atoms with Crippen LogP contribution in [0.1, 0.15) is 27.7 Å². The first-order chi connectivity index (χ1) is 5.25. The molecule has 0 amide bonds. The average Bonchev–Trinajstić information content (AvgIpc) is 1.82. The van der Waals surface area contributed by atoms with Gasteiger partial charge in [-0.2, -0.15) is 0 Å². The van der Waals surface area contributed by atoms with Crippen molar-refractivity contribution in [1.29, 1.82) is 0 Å².